The van der Waals surface area contributed by atoms with Crippen LogP contribution in [0.3, 0.4) is 0 Å². The van der Waals surface area contributed by atoms with Crippen molar-refractivity contribution in [2.24, 2.45) is 0 Å². The molecule has 1 aliphatic rings. The Morgan fingerprint density at radius 1 is 0.957 bits per heavy atom. The summed E-state index contributed by atoms with van der Waals surface area (Å²) in [5.41, 5.74) is 2.77. The highest BCUT2D eigenvalue weighted by Gasteiger charge is 2.17. The zero-order chi connectivity index (χ0) is 15.9. The second-order valence-corrected chi connectivity index (χ2v) is 6.60. The Labute approximate surface area is 140 Å². The maximum atomic E-state index is 4.22. The van der Waals surface area contributed by atoms with E-state index in [4.69, 9.17) is 0 Å². The molecule has 0 aliphatic carbocycles. The topological polar surface area (TPSA) is 19.4 Å². The highest BCUT2D eigenvalue weighted by Crippen LogP contribution is 2.17. The third-order valence-corrected chi connectivity index (χ3v) is 4.71. The quantitative estimate of drug-likeness (QED) is 0.844. The Morgan fingerprint density at radius 2 is 1.74 bits per heavy atom. The number of nitrogens with zero attached hydrogens (tertiary/aromatic N) is 3. The standard InChI is InChI=1S/C20H27N3/c1-18(20-8-3-2-4-9-20)16-22-11-6-12-23(14-13-22)17-19-7-5-10-21-15-19/h2-5,7-10,15,18H,6,11-14,16-17H2,1H3/t18-/m1/s1. The highest BCUT2D eigenvalue weighted by molar-refractivity contribution is 5.19. The third-order valence-electron chi connectivity index (χ3n) is 4.71. The molecule has 0 N–H and O–H groups in total. The molecule has 0 bridgehead atoms. The van der Waals surface area contributed by atoms with Crippen LogP contribution in [0.15, 0.2) is 54.9 Å². The Balaban J connectivity index is 1.50. The molecule has 2 aromatic rings. The number of pyridine rings is 1. The van der Waals surface area contributed by atoms with Gasteiger partial charge in [-0.05, 0) is 42.6 Å². The fourth-order valence-electron chi connectivity index (χ4n) is 3.39. The zero-order valence-electron chi connectivity index (χ0n) is 14.1. The predicted molar refractivity (Wildman–Crippen MR) is 95.4 cm³/mol. The second-order valence-electron chi connectivity index (χ2n) is 6.60. The molecule has 1 fully saturated rings. The summed E-state index contributed by atoms with van der Waals surface area (Å²) in [6.07, 6.45) is 5.08. The number of hydrogen-bond donors (Lipinski definition) is 0. The number of hydrogen-bond acceptors (Lipinski definition) is 3. The van der Waals surface area contributed by atoms with E-state index in [2.05, 4.69) is 58.1 Å². The summed E-state index contributed by atoms with van der Waals surface area (Å²) in [5.74, 6) is 0.598. The molecule has 0 radical (unpaired) electrons. The van der Waals surface area contributed by atoms with Crippen molar-refractivity contribution in [2.45, 2.75) is 25.8 Å². The molecule has 3 nitrogen and oxygen atoms in total. The monoisotopic (exact) mass is 309 g/mol. The summed E-state index contributed by atoms with van der Waals surface area (Å²) in [6.45, 7) is 9.23. The SMILES string of the molecule is C[C@H](CN1CCCN(Cc2cccnc2)CC1)c1ccccc1. The Morgan fingerprint density at radius 3 is 2.52 bits per heavy atom. The minimum absolute atomic E-state index is 0.598. The minimum Gasteiger partial charge on any atom is -0.301 e. The van der Waals surface area contributed by atoms with E-state index in [1.165, 1.54) is 30.6 Å². The first-order valence-corrected chi connectivity index (χ1v) is 8.70. The van der Waals surface area contributed by atoms with Crippen LogP contribution in [-0.4, -0.2) is 47.5 Å². The highest BCUT2D eigenvalue weighted by atomic mass is 15.2. The van der Waals surface area contributed by atoms with Gasteiger partial charge in [0.25, 0.3) is 0 Å². The van der Waals surface area contributed by atoms with Crippen molar-refractivity contribution in [3.8, 4) is 0 Å². The first-order valence-electron chi connectivity index (χ1n) is 8.70. The van der Waals surface area contributed by atoms with Crippen LogP contribution in [0, 0.1) is 0 Å². The van der Waals surface area contributed by atoms with Crippen molar-refractivity contribution < 1.29 is 0 Å². The summed E-state index contributed by atoms with van der Waals surface area (Å²) in [5, 5.41) is 0. The summed E-state index contributed by atoms with van der Waals surface area (Å²) >= 11 is 0. The van der Waals surface area contributed by atoms with Gasteiger partial charge in [-0.1, -0.05) is 43.3 Å². The van der Waals surface area contributed by atoms with Gasteiger partial charge in [-0.2, -0.15) is 0 Å². The summed E-state index contributed by atoms with van der Waals surface area (Å²) in [4.78, 5) is 9.41. The van der Waals surface area contributed by atoms with E-state index in [0.717, 1.165) is 26.2 Å². The van der Waals surface area contributed by atoms with Gasteiger partial charge in [0.2, 0.25) is 0 Å². The Bertz CT molecular complexity index is 570. The normalized spacial score (nSPS) is 18.5. The van der Waals surface area contributed by atoms with E-state index in [1.807, 2.05) is 18.5 Å². The summed E-state index contributed by atoms with van der Waals surface area (Å²) < 4.78 is 0. The van der Waals surface area contributed by atoms with Crippen LogP contribution >= 0.6 is 0 Å². The lowest BCUT2D eigenvalue weighted by atomic mass is 10.0. The van der Waals surface area contributed by atoms with Crippen molar-refractivity contribution >= 4 is 0 Å². The van der Waals surface area contributed by atoms with Crippen molar-refractivity contribution in [1.29, 1.82) is 0 Å². The van der Waals surface area contributed by atoms with E-state index < -0.39 is 0 Å². The van der Waals surface area contributed by atoms with Gasteiger partial charge in [-0.3, -0.25) is 9.88 Å². The zero-order valence-corrected chi connectivity index (χ0v) is 14.1. The van der Waals surface area contributed by atoms with Gasteiger partial charge in [-0.15, -0.1) is 0 Å². The van der Waals surface area contributed by atoms with Crippen LogP contribution in [-0.2, 0) is 6.54 Å². The van der Waals surface area contributed by atoms with Gasteiger partial charge in [0, 0.05) is 38.6 Å². The maximum Gasteiger partial charge on any atom is 0.0312 e. The van der Waals surface area contributed by atoms with Gasteiger partial charge in [-0.25, -0.2) is 0 Å². The Hall–Kier alpha value is -1.71. The molecule has 3 rings (SSSR count). The minimum atomic E-state index is 0.598. The van der Waals surface area contributed by atoms with Gasteiger partial charge < -0.3 is 4.90 Å². The van der Waals surface area contributed by atoms with Gasteiger partial charge >= 0.3 is 0 Å². The molecule has 122 valence electrons. The van der Waals surface area contributed by atoms with Gasteiger partial charge in [0.15, 0.2) is 0 Å². The number of aromatic nitrogens is 1. The maximum absolute atomic E-state index is 4.22. The van der Waals surface area contributed by atoms with Crippen molar-refractivity contribution in [3.05, 3.63) is 66.0 Å². The van der Waals surface area contributed by atoms with E-state index in [0.29, 0.717) is 5.92 Å². The molecular formula is C20H27N3. The second kappa shape index (κ2) is 8.23. The molecule has 3 heteroatoms. The van der Waals surface area contributed by atoms with Crippen molar-refractivity contribution in [3.63, 3.8) is 0 Å². The fourth-order valence-corrected chi connectivity index (χ4v) is 3.39. The predicted octanol–water partition coefficient (Wildman–Crippen LogP) is 3.39. The van der Waals surface area contributed by atoms with Gasteiger partial charge in [0.05, 0.1) is 0 Å². The molecule has 0 spiro atoms. The van der Waals surface area contributed by atoms with Crippen LogP contribution in [0.4, 0.5) is 0 Å². The lowest BCUT2D eigenvalue weighted by Gasteiger charge is -2.25. The molecule has 0 saturated carbocycles. The van der Waals surface area contributed by atoms with Crippen LogP contribution in [0.5, 0.6) is 0 Å². The van der Waals surface area contributed by atoms with Crippen LogP contribution < -0.4 is 0 Å². The van der Waals surface area contributed by atoms with Gasteiger partial charge in [0.1, 0.15) is 0 Å². The van der Waals surface area contributed by atoms with Crippen LogP contribution in [0.2, 0.25) is 0 Å². The first kappa shape index (κ1) is 16.2. The smallest absolute Gasteiger partial charge is 0.0312 e. The van der Waals surface area contributed by atoms with Crippen LogP contribution in [0.1, 0.15) is 30.4 Å². The molecule has 0 amide bonds. The number of benzene rings is 1. The molecule has 1 aromatic heterocycles. The third kappa shape index (κ3) is 4.88. The molecule has 1 atom stereocenters. The number of rotatable bonds is 5. The first-order chi connectivity index (χ1) is 11.3. The summed E-state index contributed by atoms with van der Waals surface area (Å²) in [7, 11) is 0. The Kier molecular flexibility index (Phi) is 5.78. The molecule has 1 aliphatic heterocycles. The molecule has 1 saturated heterocycles. The van der Waals surface area contributed by atoms with E-state index in [9.17, 15) is 0 Å². The fraction of sp³-hybridized carbons (Fsp3) is 0.450. The largest absolute Gasteiger partial charge is 0.301 e. The molecule has 0 unspecified atom stereocenters. The van der Waals surface area contributed by atoms with Crippen molar-refractivity contribution in [1.82, 2.24) is 14.8 Å². The summed E-state index contributed by atoms with van der Waals surface area (Å²) in [6, 6.07) is 15.1. The van der Waals surface area contributed by atoms with E-state index in [1.54, 1.807) is 0 Å². The van der Waals surface area contributed by atoms with E-state index >= 15 is 0 Å². The average molecular weight is 309 g/mol. The van der Waals surface area contributed by atoms with Crippen molar-refractivity contribution in [2.75, 3.05) is 32.7 Å². The molecule has 1 aromatic carbocycles. The lowest BCUT2D eigenvalue weighted by Crippen LogP contribution is -2.32. The average Bonchev–Trinajstić information content (AvgIpc) is 2.82. The lowest BCUT2D eigenvalue weighted by molar-refractivity contribution is 0.245. The molecular weight excluding hydrogens is 282 g/mol. The molecule has 23 heavy (non-hydrogen) atoms. The van der Waals surface area contributed by atoms with E-state index in [-0.39, 0.29) is 0 Å². The van der Waals surface area contributed by atoms with Crippen LogP contribution in [0.25, 0.3) is 0 Å². The molecule has 2 heterocycles.